The van der Waals surface area contributed by atoms with Crippen molar-refractivity contribution in [1.29, 1.82) is 0 Å². The first kappa shape index (κ1) is 10.9. The van der Waals surface area contributed by atoms with Crippen LogP contribution in [0, 0.1) is 5.92 Å². The second-order valence-electron chi connectivity index (χ2n) is 5.44. The molecule has 2 aliphatic rings. The van der Waals surface area contributed by atoms with E-state index in [0.717, 1.165) is 26.1 Å². The van der Waals surface area contributed by atoms with Gasteiger partial charge in [-0.25, -0.2) is 0 Å². The number of esters is 1. The molecule has 0 bridgehead atoms. The minimum absolute atomic E-state index is 0.00516. The monoisotopic (exact) mass is 211 g/mol. The van der Waals surface area contributed by atoms with E-state index >= 15 is 0 Å². The highest BCUT2D eigenvalue weighted by Gasteiger charge is 2.40. The average molecular weight is 211 g/mol. The van der Waals surface area contributed by atoms with Crippen molar-refractivity contribution in [2.24, 2.45) is 5.92 Å². The number of rotatable bonds is 2. The molecule has 0 aromatic rings. The highest BCUT2D eigenvalue weighted by atomic mass is 16.6. The zero-order valence-electron chi connectivity index (χ0n) is 9.79. The predicted octanol–water partition coefficient (Wildman–Crippen LogP) is 1.81. The Morgan fingerprint density at radius 3 is 2.53 bits per heavy atom. The Morgan fingerprint density at radius 1 is 1.33 bits per heavy atom. The largest absolute Gasteiger partial charge is 0.459 e. The smallest absolute Gasteiger partial charge is 0.310 e. The molecule has 0 radical (unpaired) electrons. The summed E-state index contributed by atoms with van der Waals surface area (Å²) >= 11 is 0. The zero-order valence-corrected chi connectivity index (χ0v) is 9.79. The molecule has 2 aliphatic heterocycles. The van der Waals surface area contributed by atoms with E-state index in [9.17, 15) is 4.79 Å². The molecule has 3 nitrogen and oxygen atoms in total. The van der Waals surface area contributed by atoms with Crippen molar-refractivity contribution in [3.8, 4) is 0 Å². The normalized spacial score (nSPS) is 31.6. The fourth-order valence-electron chi connectivity index (χ4n) is 2.67. The van der Waals surface area contributed by atoms with E-state index in [1.54, 1.807) is 0 Å². The lowest BCUT2D eigenvalue weighted by molar-refractivity contribution is -0.148. The Balaban J connectivity index is 1.86. The summed E-state index contributed by atoms with van der Waals surface area (Å²) in [5, 5.41) is 0. The molecule has 0 aliphatic carbocycles. The van der Waals surface area contributed by atoms with Crippen molar-refractivity contribution in [2.45, 2.75) is 45.1 Å². The summed E-state index contributed by atoms with van der Waals surface area (Å²) in [6.45, 7) is 7.22. The van der Waals surface area contributed by atoms with Gasteiger partial charge < -0.3 is 9.64 Å². The number of carbonyl (C=O) groups excluding carboxylic acids is 1. The third-order valence-electron chi connectivity index (χ3n) is 3.38. The first-order valence-electron chi connectivity index (χ1n) is 6.02. The quantitative estimate of drug-likeness (QED) is 0.652. The third-order valence-corrected chi connectivity index (χ3v) is 3.38. The lowest BCUT2D eigenvalue weighted by Crippen LogP contribution is -2.35. The third kappa shape index (κ3) is 2.71. The van der Waals surface area contributed by atoms with Crippen molar-refractivity contribution < 1.29 is 9.53 Å². The second-order valence-corrected chi connectivity index (χ2v) is 5.44. The Morgan fingerprint density at radius 2 is 2.00 bits per heavy atom. The molecule has 0 aromatic heterocycles. The maximum Gasteiger partial charge on any atom is 0.310 e. The van der Waals surface area contributed by atoms with Gasteiger partial charge in [0.2, 0.25) is 0 Å². The van der Waals surface area contributed by atoms with Crippen molar-refractivity contribution in [3.05, 3.63) is 0 Å². The Kier molecular flexibility index (Phi) is 3.01. The summed E-state index contributed by atoms with van der Waals surface area (Å²) in [6.07, 6.45) is 4.79. The van der Waals surface area contributed by atoms with E-state index in [0.29, 0.717) is 0 Å². The van der Waals surface area contributed by atoms with Crippen LogP contribution in [0.15, 0.2) is 0 Å². The van der Waals surface area contributed by atoms with Gasteiger partial charge in [-0.05, 0) is 39.8 Å². The predicted molar refractivity (Wildman–Crippen MR) is 58.6 cm³/mol. The van der Waals surface area contributed by atoms with Gasteiger partial charge in [0.15, 0.2) is 0 Å². The fraction of sp³-hybridized carbons (Fsp3) is 0.917. The number of cyclic esters (lactones) is 1. The summed E-state index contributed by atoms with van der Waals surface area (Å²) in [5.41, 5.74) is -0.239. The maximum atomic E-state index is 11.6. The van der Waals surface area contributed by atoms with Gasteiger partial charge in [0.05, 0.1) is 5.92 Å². The van der Waals surface area contributed by atoms with E-state index < -0.39 is 0 Å². The number of likely N-dealkylation sites (tertiary alicyclic amines) is 1. The van der Waals surface area contributed by atoms with Crippen LogP contribution < -0.4 is 0 Å². The molecule has 0 spiro atoms. The molecule has 2 heterocycles. The Bertz CT molecular complexity index is 244. The molecule has 0 N–H and O–H groups in total. The molecule has 86 valence electrons. The van der Waals surface area contributed by atoms with E-state index in [2.05, 4.69) is 4.90 Å². The topological polar surface area (TPSA) is 29.5 Å². The van der Waals surface area contributed by atoms with Crippen LogP contribution >= 0.6 is 0 Å². The second kappa shape index (κ2) is 4.12. The first-order chi connectivity index (χ1) is 7.07. The molecule has 0 amide bonds. The van der Waals surface area contributed by atoms with Gasteiger partial charge in [0.1, 0.15) is 5.60 Å². The number of hydrogen-bond acceptors (Lipinski definition) is 3. The zero-order chi connectivity index (χ0) is 10.9. The molecule has 1 atom stereocenters. The van der Waals surface area contributed by atoms with Crippen LogP contribution in [-0.2, 0) is 9.53 Å². The molecule has 1 unspecified atom stereocenters. The lowest BCUT2D eigenvalue weighted by Gasteiger charge is -2.27. The van der Waals surface area contributed by atoms with E-state index in [-0.39, 0.29) is 17.5 Å². The average Bonchev–Trinajstić information content (AvgIpc) is 2.41. The highest BCUT2D eigenvalue weighted by Crippen LogP contribution is 2.31. The van der Waals surface area contributed by atoms with E-state index in [4.69, 9.17) is 4.74 Å². The molecule has 0 aromatic carbocycles. The van der Waals surface area contributed by atoms with Crippen molar-refractivity contribution in [3.63, 3.8) is 0 Å². The summed E-state index contributed by atoms with van der Waals surface area (Å²) in [7, 11) is 0. The van der Waals surface area contributed by atoms with Crippen LogP contribution in [0.3, 0.4) is 0 Å². The van der Waals surface area contributed by atoms with Gasteiger partial charge in [0, 0.05) is 13.0 Å². The number of ether oxygens (including phenoxy) is 1. The Labute approximate surface area is 91.8 Å². The molecular weight excluding hydrogens is 190 g/mol. The first-order valence-corrected chi connectivity index (χ1v) is 6.02. The van der Waals surface area contributed by atoms with Crippen molar-refractivity contribution in [2.75, 3.05) is 19.6 Å². The van der Waals surface area contributed by atoms with Gasteiger partial charge in [-0.15, -0.1) is 0 Å². The molecule has 2 fully saturated rings. The van der Waals surface area contributed by atoms with Crippen LogP contribution in [0.25, 0.3) is 0 Å². The van der Waals surface area contributed by atoms with Crippen LogP contribution in [0.1, 0.15) is 39.5 Å². The fourth-order valence-corrected chi connectivity index (χ4v) is 2.67. The number of nitrogens with zero attached hydrogens (tertiary/aromatic N) is 1. The summed E-state index contributed by atoms with van der Waals surface area (Å²) in [5.74, 6) is 0.115. The van der Waals surface area contributed by atoms with Crippen LogP contribution in [0.2, 0.25) is 0 Å². The lowest BCUT2D eigenvalue weighted by atomic mass is 9.96. The van der Waals surface area contributed by atoms with Crippen molar-refractivity contribution >= 4 is 5.97 Å². The van der Waals surface area contributed by atoms with E-state index in [1.807, 2.05) is 13.8 Å². The molecule has 2 saturated heterocycles. The summed E-state index contributed by atoms with van der Waals surface area (Å²) < 4.78 is 5.34. The summed E-state index contributed by atoms with van der Waals surface area (Å²) in [6, 6.07) is 0. The van der Waals surface area contributed by atoms with Crippen LogP contribution in [-0.4, -0.2) is 36.1 Å². The van der Waals surface area contributed by atoms with Gasteiger partial charge in [-0.3, -0.25) is 4.79 Å². The highest BCUT2D eigenvalue weighted by molar-refractivity contribution is 5.75. The van der Waals surface area contributed by atoms with Crippen LogP contribution in [0.4, 0.5) is 0 Å². The van der Waals surface area contributed by atoms with Gasteiger partial charge in [0.25, 0.3) is 0 Å². The minimum atomic E-state index is -0.239. The van der Waals surface area contributed by atoms with Gasteiger partial charge in [-0.2, -0.15) is 0 Å². The summed E-state index contributed by atoms with van der Waals surface area (Å²) in [4.78, 5) is 14.0. The molecule has 3 heteroatoms. The molecular formula is C12H21NO2. The number of piperidine rings is 1. The molecule has 0 saturated carbocycles. The number of carbonyl (C=O) groups is 1. The maximum absolute atomic E-state index is 11.6. The Hall–Kier alpha value is -0.570. The van der Waals surface area contributed by atoms with Gasteiger partial charge >= 0.3 is 5.97 Å². The molecule has 2 rings (SSSR count). The van der Waals surface area contributed by atoms with Crippen LogP contribution in [0.5, 0.6) is 0 Å². The SMILES string of the molecule is CC1(C)CC(CN2CCCCC2)C(=O)O1. The standard InChI is InChI=1S/C12H21NO2/c1-12(2)8-10(11(14)15-12)9-13-6-4-3-5-7-13/h10H,3-9H2,1-2H3. The molecule has 15 heavy (non-hydrogen) atoms. The minimum Gasteiger partial charge on any atom is -0.459 e. The number of hydrogen-bond donors (Lipinski definition) is 0. The van der Waals surface area contributed by atoms with Crippen molar-refractivity contribution in [1.82, 2.24) is 4.90 Å². The van der Waals surface area contributed by atoms with E-state index in [1.165, 1.54) is 19.3 Å². The van der Waals surface area contributed by atoms with Gasteiger partial charge in [-0.1, -0.05) is 6.42 Å².